The van der Waals surface area contributed by atoms with E-state index in [0.717, 1.165) is 25.9 Å². The van der Waals surface area contributed by atoms with E-state index in [4.69, 9.17) is 10.8 Å². The first-order chi connectivity index (χ1) is 19.1. The van der Waals surface area contributed by atoms with Crippen LogP contribution in [0, 0.1) is 0 Å². The van der Waals surface area contributed by atoms with Gasteiger partial charge in [-0.1, -0.05) is 18.2 Å². The molecule has 0 bridgehead atoms. The summed E-state index contributed by atoms with van der Waals surface area (Å²) in [4.78, 5) is 62.1. The number of nitrogen functional groups attached to an aromatic ring is 1. The Morgan fingerprint density at radius 3 is 2.60 bits per heavy atom. The van der Waals surface area contributed by atoms with Gasteiger partial charge in [0.05, 0.1) is 0 Å². The predicted octanol–water partition coefficient (Wildman–Crippen LogP) is -0.878. The summed E-state index contributed by atoms with van der Waals surface area (Å²) in [6, 6.07) is 8.29. The maximum Gasteiger partial charge on any atom is 0.367 e. The maximum atomic E-state index is 12.9. The number of carbonyl (C=O) groups is 4. The second-order valence-corrected chi connectivity index (χ2v) is 10.8. The van der Waals surface area contributed by atoms with E-state index in [0.29, 0.717) is 10.6 Å². The van der Waals surface area contributed by atoms with Crippen molar-refractivity contribution < 1.29 is 34.5 Å². The van der Waals surface area contributed by atoms with Gasteiger partial charge < -0.3 is 26.4 Å². The van der Waals surface area contributed by atoms with Gasteiger partial charge in [0.25, 0.3) is 11.8 Å². The Bertz CT molecular complexity index is 1650. The average Bonchev–Trinajstić information content (AvgIpc) is 3.23. The first-order valence-electron chi connectivity index (χ1n) is 11.6. The van der Waals surface area contributed by atoms with Crippen molar-refractivity contribution >= 4 is 58.6 Å². The summed E-state index contributed by atoms with van der Waals surface area (Å²) in [5, 5.41) is 39.5. The number of carboxylic acid groups (broad SMARTS) is 2. The molecule has 6 N–H and O–H groups in total. The van der Waals surface area contributed by atoms with E-state index < -0.39 is 53.5 Å². The second-order valence-electron chi connectivity index (χ2n) is 8.75. The van der Waals surface area contributed by atoms with Crippen LogP contribution in [0.2, 0.25) is 0 Å². The van der Waals surface area contributed by atoms with E-state index in [1.807, 2.05) is 0 Å². The number of carboxylic acids is 2. The molecule has 2 aromatic heterocycles. The fourth-order valence-corrected chi connectivity index (χ4v) is 6.63. The minimum Gasteiger partial charge on any atom is -0.480 e. The van der Waals surface area contributed by atoms with Gasteiger partial charge >= 0.3 is 17.6 Å². The molecule has 0 spiro atoms. The number of aromatic nitrogens is 4. The van der Waals surface area contributed by atoms with Gasteiger partial charge in [-0.2, -0.15) is 14.3 Å². The van der Waals surface area contributed by atoms with Crippen molar-refractivity contribution in [1.82, 2.24) is 29.6 Å². The van der Waals surface area contributed by atoms with Crippen LogP contribution in [0.15, 0.2) is 57.5 Å². The van der Waals surface area contributed by atoms with Crippen LogP contribution in [-0.4, -0.2) is 86.3 Å². The molecule has 0 aliphatic carbocycles. The van der Waals surface area contributed by atoms with E-state index in [1.54, 1.807) is 18.2 Å². The van der Waals surface area contributed by atoms with Gasteiger partial charge in [-0.15, -0.1) is 28.6 Å². The molecule has 15 nitrogen and oxygen atoms in total. The number of thioether (sulfide) groups is 2. The van der Waals surface area contributed by atoms with Crippen LogP contribution in [-0.2, 0) is 25.7 Å². The third-order valence-corrected chi connectivity index (χ3v) is 8.53. The second kappa shape index (κ2) is 10.7. The molecule has 0 saturated carbocycles. The third kappa shape index (κ3) is 4.89. The lowest BCUT2D eigenvalue weighted by Crippen LogP contribution is -2.70. The molecule has 5 rings (SSSR count). The Kier molecular flexibility index (Phi) is 7.26. The molecule has 17 heteroatoms. The number of β-lactam (4-membered cyclic amide) rings is 1. The number of nitrogens with two attached hydrogens (primary N) is 1. The van der Waals surface area contributed by atoms with Crippen LogP contribution in [0.4, 0.5) is 5.69 Å². The molecule has 2 unspecified atom stereocenters. The number of fused-ring (bicyclic) bond motifs is 2. The largest absolute Gasteiger partial charge is 0.480 e. The van der Waals surface area contributed by atoms with Crippen molar-refractivity contribution in [2.75, 3.05) is 17.2 Å². The van der Waals surface area contributed by atoms with Gasteiger partial charge in [-0.3, -0.25) is 19.3 Å². The number of anilines is 1. The molecule has 3 atom stereocenters. The van der Waals surface area contributed by atoms with Gasteiger partial charge in [0, 0.05) is 22.8 Å². The van der Waals surface area contributed by atoms with E-state index in [1.165, 1.54) is 30.0 Å². The van der Waals surface area contributed by atoms with Gasteiger partial charge in [0.1, 0.15) is 28.7 Å². The first kappa shape index (κ1) is 27.2. The molecule has 4 heterocycles. The van der Waals surface area contributed by atoms with Crippen LogP contribution in [0.3, 0.4) is 0 Å². The molecule has 2 aliphatic rings. The number of hydrogen-bond donors (Lipinski definition) is 5. The zero-order chi connectivity index (χ0) is 28.7. The number of aliphatic hydroxyl groups excluding tert-OH is 1. The van der Waals surface area contributed by atoms with Crippen molar-refractivity contribution in [3.8, 4) is 0 Å². The Morgan fingerprint density at radius 2 is 1.90 bits per heavy atom. The number of nitrogens with one attached hydrogen (secondary N) is 1. The van der Waals surface area contributed by atoms with Gasteiger partial charge in [0.2, 0.25) is 0 Å². The number of aliphatic carboxylic acids is 2. The number of carbonyl (C=O) groups excluding carboxylic acids is 2. The highest BCUT2D eigenvalue weighted by Gasteiger charge is 2.54. The first-order valence-corrected chi connectivity index (χ1v) is 13.6. The number of amides is 2. The Hall–Kier alpha value is -4.35. The number of hydrogen-bond acceptors (Lipinski definition) is 11. The van der Waals surface area contributed by atoms with Crippen molar-refractivity contribution in [3.63, 3.8) is 0 Å². The van der Waals surface area contributed by atoms with E-state index in [9.17, 15) is 34.2 Å². The number of rotatable bonds is 9. The zero-order valence-corrected chi connectivity index (χ0v) is 22.0. The average molecular weight is 588 g/mol. The third-order valence-electron chi connectivity index (χ3n) is 6.18. The SMILES string of the molecule is Nc1ccccc1C(O)C(=O)NC1C(=O)N2C(C(=O)O)=C(CSc3ccc4nn(CC(=O)O)c(=O)n4n3)CS[C@@H]12. The molecular weight excluding hydrogens is 566 g/mol. The van der Waals surface area contributed by atoms with Crippen molar-refractivity contribution in [2.24, 2.45) is 0 Å². The molecule has 1 aromatic carbocycles. The minimum absolute atomic E-state index is 0.130. The summed E-state index contributed by atoms with van der Waals surface area (Å²) >= 11 is 2.39. The normalized spacial score (nSPS) is 19.2. The lowest BCUT2D eigenvalue weighted by molar-refractivity contribution is -0.151. The summed E-state index contributed by atoms with van der Waals surface area (Å²) in [5.74, 6) is -3.64. The van der Waals surface area contributed by atoms with Crippen LogP contribution in [0.5, 0.6) is 0 Å². The Balaban J connectivity index is 1.29. The molecule has 40 heavy (non-hydrogen) atoms. The number of aliphatic hydroxyl groups is 1. The Labute approximate surface area is 232 Å². The lowest BCUT2D eigenvalue weighted by Gasteiger charge is -2.49. The van der Waals surface area contributed by atoms with Gasteiger partial charge in [0.15, 0.2) is 11.8 Å². The molecule has 1 fully saturated rings. The molecule has 2 aliphatic heterocycles. The van der Waals surface area contributed by atoms with Crippen LogP contribution < -0.4 is 16.7 Å². The van der Waals surface area contributed by atoms with Crippen molar-refractivity contribution in [1.29, 1.82) is 0 Å². The number of para-hydroxylation sites is 1. The Morgan fingerprint density at radius 1 is 1.15 bits per heavy atom. The summed E-state index contributed by atoms with van der Waals surface area (Å²) in [6.07, 6.45) is -1.60. The number of nitrogens with zero attached hydrogens (tertiary/aromatic N) is 5. The topological polar surface area (TPSA) is 222 Å². The zero-order valence-electron chi connectivity index (χ0n) is 20.3. The van der Waals surface area contributed by atoms with Gasteiger partial charge in [-0.25, -0.2) is 9.59 Å². The van der Waals surface area contributed by atoms with Crippen molar-refractivity contribution in [2.45, 2.75) is 29.1 Å². The van der Waals surface area contributed by atoms with Crippen LogP contribution >= 0.6 is 23.5 Å². The fourth-order valence-electron chi connectivity index (χ4n) is 4.29. The lowest BCUT2D eigenvalue weighted by atomic mass is 10.0. The molecule has 0 radical (unpaired) electrons. The standard InChI is InChI=1S/C23H21N7O8S2/c24-12-4-2-1-3-11(12)18(33)19(34)25-16-20(35)29-17(22(36)37)10(9-40-21(16)29)8-39-14-6-5-13-26-28(7-15(31)32)23(38)30(13)27-14/h1-6,16,18,21,33H,7-9,24H2,(H,25,34)(H,31,32)(H,36,37)/t16?,18?,21-/m0/s1. The van der Waals surface area contributed by atoms with E-state index in [-0.39, 0.29) is 34.1 Å². The molecule has 3 aromatic rings. The van der Waals surface area contributed by atoms with E-state index >= 15 is 0 Å². The molecular formula is C23H21N7O8S2. The summed E-state index contributed by atoms with van der Waals surface area (Å²) < 4.78 is 1.72. The quantitative estimate of drug-likeness (QED) is 0.117. The van der Waals surface area contributed by atoms with E-state index in [2.05, 4.69) is 15.5 Å². The molecule has 208 valence electrons. The number of benzene rings is 1. The minimum atomic E-state index is -1.60. The summed E-state index contributed by atoms with van der Waals surface area (Å²) in [7, 11) is 0. The smallest absolute Gasteiger partial charge is 0.367 e. The van der Waals surface area contributed by atoms with Gasteiger partial charge in [-0.05, 0) is 23.8 Å². The van der Waals surface area contributed by atoms with Crippen LogP contribution in [0.25, 0.3) is 5.65 Å². The van der Waals surface area contributed by atoms with Crippen molar-refractivity contribution in [3.05, 3.63) is 63.7 Å². The van der Waals surface area contributed by atoms with Crippen LogP contribution in [0.1, 0.15) is 11.7 Å². The molecule has 1 saturated heterocycles. The highest BCUT2D eigenvalue weighted by Crippen LogP contribution is 2.41. The fraction of sp³-hybridized carbons (Fsp3) is 0.261. The predicted molar refractivity (Wildman–Crippen MR) is 141 cm³/mol. The maximum absolute atomic E-state index is 12.9. The highest BCUT2D eigenvalue weighted by atomic mass is 32.2. The molecule has 2 amide bonds. The summed E-state index contributed by atoms with van der Waals surface area (Å²) in [5.41, 5.74) is 5.87. The monoisotopic (exact) mass is 587 g/mol. The summed E-state index contributed by atoms with van der Waals surface area (Å²) in [6.45, 7) is -0.623. The highest BCUT2D eigenvalue weighted by molar-refractivity contribution is 8.01.